The number of alkyl halides is 2. The summed E-state index contributed by atoms with van der Waals surface area (Å²) in [6.45, 7) is -2.89. The minimum atomic E-state index is -2.89. The van der Waals surface area contributed by atoms with Crippen LogP contribution in [-0.2, 0) is 0 Å². The van der Waals surface area contributed by atoms with Gasteiger partial charge in [0.25, 0.3) is 0 Å². The molecule has 0 fully saturated rings. The van der Waals surface area contributed by atoms with Crippen LogP contribution in [0.15, 0.2) is 42.6 Å². The summed E-state index contributed by atoms with van der Waals surface area (Å²) in [4.78, 5) is 15.6. The van der Waals surface area contributed by atoms with Crippen molar-refractivity contribution in [3.8, 4) is 5.75 Å². The molecular weight excluding hydrogens is 304 g/mol. The first-order valence-corrected chi connectivity index (χ1v) is 6.15. The van der Waals surface area contributed by atoms with E-state index in [0.29, 0.717) is 16.5 Å². The number of halogens is 3. The van der Waals surface area contributed by atoms with Crippen molar-refractivity contribution in [2.24, 2.45) is 0 Å². The number of urea groups is 1. The molecule has 2 N–H and O–H groups in total. The van der Waals surface area contributed by atoms with E-state index < -0.39 is 12.6 Å². The maximum absolute atomic E-state index is 12.0. The molecule has 0 aliphatic rings. The maximum atomic E-state index is 12.0. The number of benzene rings is 1. The Hall–Kier alpha value is -2.41. The van der Waals surface area contributed by atoms with Crippen LogP contribution in [0.5, 0.6) is 5.75 Å². The van der Waals surface area contributed by atoms with Gasteiger partial charge in [0.05, 0.1) is 5.02 Å². The summed E-state index contributed by atoms with van der Waals surface area (Å²) < 4.78 is 28.2. The van der Waals surface area contributed by atoms with Gasteiger partial charge in [0, 0.05) is 11.9 Å². The van der Waals surface area contributed by atoms with E-state index in [4.69, 9.17) is 11.6 Å². The molecule has 1 aromatic carbocycles. The first kappa shape index (κ1) is 15.0. The predicted molar refractivity (Wildman–Crippen MR) is 75.0 cm³/mol. The molecule has 0 saturated heterocycles. The Labute approximate surface area is 123 Å². The molecule has 21 heavy (non-hydrogen) atoms. The molecule has 2 amide bonds. The number of anilines is 2. The van der Waals surface area contributed by atoms with Gasteiger partial charge >= 0.3 is 12.6 Å². The first-order chi connectivity index (χ1) is 10.0. The number of hydrogen-bond donors (Lipinski definition) is 2. The number of hydrogen-bond acceptors (Lipinski definition) is 3. The highest BCUT2D eigenvalue weighted by Crippen LogP contribution is 2.18. The highest BCUT2D eigenvalue weighted by Gasteiger charge is 2.06. The average molecular weight is 314 g/mol. The Morgan fingerprint density at radius 2 is 1.86 bits per heavy atom. The third kappa shape index (κ3) is 4.88. The van der Waals surface area contributed by atoms with E-state index in [0.717, 1.165) is 0 Å². The molecule has 0 saturated carbocycles. The van der Waals surface area contributed by atoms with Crippen molar-refractivity contribution in [3.05, 3.63) is 47.6 Å². The monoisotopic (exact) mass is 313 g/mol. The van der Waals surface area contributed by atoms with Crippen LogP contribution in [0.25, 0.3) is 0 Å². The second-order valence-corrected chi connectivity index (χ2v) is 4.28. The lowest BCUT2D eigenvalue weighted by Crippen LogP contribution is -2.19. The fourth-order valence-electron chi connectivity index (χ4n) is 1.45. The Kier molecular flexibility index (Phi) is 4.89. The molecule has 0 aliphatic carbocycles. The normalized spacial score (nSPS) is 10.3. The second-order valence-electron chi connectivity index (χ2n) is 3.84. The van der Waals surface area contributed by atoms with Gasteiger partial charge < -0.3 is 10.1 Å². The van der Waals surface area contributed by atoms with Crippen LogP contribution in [0.1, 0.15) is 0 Å². The molecule has 2 rings (SSSR count). The van der Waals surface area contributed by atoms with Crippen molar-refractivity contribution < 1.29 is 18.3 Å². The number of rotatable bonds is 4. The van der Waals surface area contributed by atoms with E-state index in [1.807, 2.05) is 0 Å². The van der Waals surface area contributed by atoms with Gasteiger partial charge in [-0.3, -0.25) is 5.32 Å². The molecule has 1 aromatic heterocycles. The third-order valence-corrected chi connectivity index (χ3v) is 2.53. The lowest BCUT2D eigenvalue weighted by Gasteiger charge is -2.08. The lowest BCUT2D eigenvalue weighted by atomic mass is 10.3. The van der Waals surface area contributed by atoms with Crippen LogP contribution in [0.3, 0.4) is 0 Å². The lowest BCUT2D eigenvalue weighted by molar-refractivity contribution is -0.0498. The summed E-state index contributed by atoms with van der Waals surface area (Å²) in [5, 5.41) is 5.47. The zero-order valence-corrected chi connectivity index (χ0v) is 11.3. The van der Waals surface area contributed by atoms with Crippen molar-refractivity contribution in [3.63, 3.8) is 0 Å². The molecule has 0 bridgehead atoms. The van der Waals surface area contributed by atoms with Gasteiger partial charge in [-0.05, 0) is 36.4 Å². The van der Waals surface area contributed by atoms with Crippen LogP contribution in [-0.4, -0.2) is 17.6 Å². The van der Waals surface area contributed by atoms with Gasteiger partial charge in [0.1, 0.15) is 11.6 Å². The minimum Gasteiger partial charge on any atom is -0.435 e. The molecule has 0 spiro atoms. The predicted octanol–water partition coefficient (Wildman–Crippen LogP) is 3.98. The quantitative estimate of drug-likeness (QED) is 0.897. The van der Waals surface area contributed by atoms with Crippen LogP contribution < -0.4 is 15.4 Å². The molecule has 110 valence electrons. The maximum Gasteiger partial charge on any atom is 0.387 e. The van der Waals surface area contributed by atoms with Crippen molar-refractivity contribution in [2.45, 2.75) is 6.61 Å². The standard InChI is InChI=1S/C13H10ClF2N3O2/c14-8-1-6-11(17-7-8)19-13(20)18-9-2-4-10(5-3-9)21-12(15)16/h1-7,12H,(H2,17,18,19,20). The Balaban J connectivity index is 1.91. The van der Waals surface area contributed by atoms with Crippen molar-refractivity contribution in [2.75, 3.05) is 10.6 Å². The van der Waals surface area contributed by atoms with E-state index in [2.05, 4.69) is 20.4 Å². The highest BCUT2D eigenvalue weighted by molar-refractivity contribution is 6.30. The number of carbonyl (C=O) groups is 1. The highest BCUT2D eigenvalue weighted by atomic mass is 35.5. The van der Waals surface area contributed by atoms with Gasteiger partial charge in [0.15, 0.2) is 0 Å². The van der Waals surface area contributed by atoms with E-state index in [-0.39, 0.29) is 5.75 Å². The van der Waals surface area contributed by atoms with E-state index in [1.54, 1.807) is 12.1 Å². The first-order valence-electron chi connectivity index (χ1n) is 5.77. The van der Waals surface area contributed by atoms with Gasteiger partial charge in [-0.25, -0.2) is 9.78 Å². The van der Waals surface area contributed by atoms with Crippen LogP contribution >= 0.6 is 11.6 Å². The minimum absolute atomic E-state index is 0.00956. The molecular formula is C13H10ClF2N3O2. The Bertz CT molecular complexity index is 606. The molecule has 0 unspecified atom stereocenters. The topological polar surface area (TPSA) is 63.2 Å². The third-order valence-electron chi connectivity index (χ3n) is 2.31. The summed E-state index contributed by atoms with van der Waals surface area (Å²) in [5.74, 6) is 0.338. The van der Waals surface area contributed by atoms with Crippen molar-refractivity contribution >= 4 is 29.1 Å². The number of pyridine rings is 1. The van der Waals surface area contributed by atoms with Crippen LogP contribution in [0.2, 0.25) is 5.02 Å². The average Bonchev–Trinajstić information content (AvgIpc) is 2.43. The van der Waals surface area contributed by atoms with Crippen molar-refractivity contribution in [1.29, 1.82) is 0 Å². The number of carbonyl (C=O) groups excluding carboxylic acids is 1. The number of ether oxygens (including phenoxy) is 1. The fourth-order valence-corrected chi connectivity index (χ4v) is 1.56. The Morgan fingerprint density at radius 3 is 2.43 bits per heavy atom. The SMILES string of the molecule is O=C(Nc1ccc(OC(F)F)cc1)Nc1ccc(Cl)cn1. The molecule has 1 heterocycles. The van der Waals surface area contributed by atoms with Gasteiger partial charge in [-0.15, -0.1) is 0 Å². The van der Waals surface area contributed by atoms with E-state index in [1.165, 1.54) is 30.5 Å². The van der Waals surface area contributed by atoms with Gasteiger partial charge in [-0.1, -0.05) is 11.6 Å². The van der Waals surface area contributed by atoms with E-state index >= 15 is 0 Å². The Morgan fingerprint density at radius 1 is 1.14 bits per heavy atom. The number of nitrogens with zero attached hydrogens (tertiary/aromatic N) is 1. The summed E-state index contributed by atoms with van der Waals surface area (Å²) >= 11 is 5.67. The molecule has 0 radical (unpaired) electrons. The molecule has 2 aromatic rings. The number of amides is 2. The summed E-state index contributed by atoms with van der Waals surface area (Å²) in [7, 11) is 0. The molecule has 5 nitrogen and oxygen atoms in total. The van der Waals surface area contributed by atoms with Gasteiger partial charge in [-0.2, -0.15) is 8.78 Å². The summed E-state index contributed by atoms with van der Waals surface area (Å²) in [6.07, 6.45) is 1.40. The summed E-state index contributed by atoms with van der Waals surface area (Å²) in [6, 6.07) is 8.12. The van der Waals surface area contributed by atoms with Gasteiger partial charge in [0.2, 0.25) is 0 Å². The number of aromatic nitrogens is 1. The summed E-state index contributed by atoms with van der Waals surface area (Å²) in [5.41, 5.74) is 0.420. The smallest absolute Gasteiger partial charge is 0.387 e. The van der Waals surface area contributed by atoms with Crippen LogP contribution in [0, 0.1) is 0 Å². The van der Waals surface area contributed by atoms with Crippen molar-refractivity contribution in [1.82, 2.24) is 4.98 Å². The second kappa shape index (κ2) is 6.85. The number of nitrogens with one attached hydrogen (secondary N) is 2. The molecule has 0 atom stereocenters. The zero-order valence-electron chi connectivity index (χ0n) is 10.5. The fraction of sp³-hybridized carbons (Fsp3) is 0.0769. The molecule has 0 aliphatic heterocycles. The zero-order chi connectivity index (χ0) is 15.2. The molecule has 8 heteroatoms. The van der Waals surface area contributed by atoms with E-state index in [9.17, 15) is 13.6 Å². The van der Waals surface area contributed by atoms with Crippen LogP contribution in [0.4, 0.5) is 25.1 Å². The largest absolute Gasteiger partial charge is 0.435 e.